The zero-order valence-electron chi connectivity index (χ0n) is 18.7. The minimum absolute atomic E-state index is 0.0364. The third kappa shape index (κ3) is 6.77. The van der Waals surface area contributed by atoms with Crippen LogP contribution in [0.5, 0.6) is 5.75 Å². The van der Waals surface area contributed by atoms with Crippen molar-refractivity contribution in [3.8, 4) is 5.75 Å². The van der Waals surface area contributed by atoms with Crippen LogP contribution in [0.15, 0.2) is 53.4 Å². The highest BCUT2D eigenvalue weighted by molar-refractivity contribution is 7.89. The first-order chi connectivity index (χ1) is 15.8. The van der Waals surface area contributed by atoms with Crippen LogP contribution in [0, 0.1) is 6.92 Å². The van der Waals surface area contributed by atoms with Crippen molar-refractivity contribution in [1.82, 2.24) is 10.0 Å². The molecule has 33 heavy (non-hydrogen) atoms. The molecule has 0 saturated carbocycles. The third-order valence-electron chi connectivity index (χ3n) is 5.27. The highest BCUT2D eigenvalue weighted by Gasteiger charge is 2.25. The number of carbonyl (C=O) groups is 2. The molecule has 1 saturated heterocycles. The minimum atomic E-state index is -3.90. The third-order valence-corrected chi connectivity index (χ3v) is 6.69. The summed E-state index contributed by atoms with van der Waals surface area (Å²) in [5.74, 6) is -0.590. The summed E-state index contributed by atoms with van der Waals surface area (Å²) in [6.07, 6.45) is 1.79. The molecule has 1 heterocycles. The molecule has 2 aromatic rings. The van der Waals surface area contributed by atoms with Gasteiger partial charge >= 0.3 is 0 Å². The number of rotatable bonds is 10. The molecule has 1 aliphatic rings. The Kier molecular flexibility index (Phi) is 8.43. The fraction of sp³-hybridized carbons (Fsp3) is 0.391. The van der Waals surface area contributed by atoms with Gasteiger partial charge in [0.2, 0.25) is 21.8 Å². The number of hydrogen-bond acceptors (Lipinski definition) is 6. The summed E-state index contributed by atoms with van der Waals surface area (Å²) in [4.78, 5) is 26.9. The molecular formula is C23H29N3O6S. The molecule has 1 aliphatic heterocycles. The minimum Gasteiger partial charge on any atom is -0.495 e. The first-order valence-electron chi connectivity index (χ1n) is 10.7. The van der Waals surface area contributed by atoms with Crippen molar-refractivity contribution in [3.63, 3.8) is 0 Å². The number of para-hydroxylation sites is 2. The van der Waals surface area contributed by atoms with E-state index < -0.39 is 22.5 Å². The van der Waals surface area contributed by atoms with Crippen LogP contribution in [-0.4, -0.2) is 59.7 Å². The molecule has 0 bridgehead atoms. The highest BCUT2D eigenvalue weighted by atomic mass is 32.2. The zero-order valence-corrected chi connectivity index (χ0v) is 19.6. The first kappa shape index (κ1) is 24.7. The SMILES string of the molecule is COc1ccccc1N(CC(=O)NC[C@H]1CCCO1)C(=O)CNS(=O)(=O)c1ccc(C)cc1. The standard InChI is InChI=1S/C23H29N3O6S/c1-17-9-11-19(12-10-17)33(29,30)25-15-23(28)26(20-7-3-4-8-21(20)31-2)16-22(27)24-14-18-6-5-13-32-18/h3-4,7-12,18,25H,5-6,13-16H2,1-2H3,(H,24,27)/t18-/m1/s1. The Hall–Kier alpha value is -2.95. The fourth-order valence-electron chi connectivity index (χ4n) is 3.45. The van der Waals surface area contributed by atoms with E-state index in [1.807, 2.05) is 6.92 Å². The molecule has 10 heteroatoms. The van der Waals surface area contributed by atoms with Crippen molar-refractivity contribution in [2.24, 2.45) is 0 Å². The molecule has 0 aromatic heterocycles. The van der Waals surface area contributed by atoms with Crippen LogP contribution >= 0.6 is 0 Å². The molecule has 3 rings (SSSR count). The van der Waals surface area contributed by atoms with Crippen molar-refractivity contribution in [3.05, 3.63) is 54.1 Å². The van der Waals surface area contributed by atoms with Gasteiger partial charge < -0.3 is 14.8 Å². The number of sulfonamides is 1. The second-order valence-electron chi connectivity index (χ2n) is 7.73. The maximum Gasteiger partial charge on any atom is 0.242 e. The Balaban J connectivity index is 1.72. The summed E-state index contributed by atoms with van der Waals surface area (Å²) in [5, 5.41) is 2.78. The van der Waals surface area contributed by atoms with Gasteiger partial charge in [-0.3, -0.25) is 14.5 Å². The Bertz CT molecular complexity index is 1070. The number of hydrogen-bond donors (Lipinski definition) is 2. The van der Waals surface area contributed by atoms with Crippen LogP contribution in [0.2, 0.25) is 0 Å². The smallest absolute Gasteiger partial charge is 0.242 e. The molecule has 2 aromatic carbocycles. The Labute approximate surface area is 194 Å². The summed E-state index contributed by atoms with van der Waals surface area (Å²) in [5.41, 5.74) is 1.29. The maximum atomic E-state index is 13.1. The van der Waals surface area contributed by atoms with Gasteiger partial charge in [-0.05, 0) is 44.0 Å². The zero-order chi connectivity index (χ0) is 23.8. The van der Waals surface area contributed by atoms with Crippen molar-refractivity contribution in [1.29, 1.82) is 0 Å². The summed E-state index contributed by atoms with van der Waals surface area (Å²) in [6.45, 7) is 2.06. The van der Waals surface area contributed by atoms with E-state index >= 15 is 0 Å². The second kappa shape index (κ2) is 11.3. The number of methoxy groups -OCH3 is 1. The van der Waals surface area contributed by atoms with Crippen molar-refractivity contribution in [2.75, 3.05) is 38.3 Å². The van der Waals surface area contributed by atoms with E-state index in [2.05, 4.69) is 10.0 Å². The lowest BCUT2D eigenvalue weighted by Gasteiger charge is -2.24. The number of benzene rings is 2. The van der Waals surface area contributed by atoms with E-state index in [4.69, 9.17) is 9.47 Å². The van der Waals surface area contributed by atoms with E-state index in [1.165, 1.54) is 24.1 Å². The first-order valence-corrected chi connectivity index (χ1v) is 12.2. The number of amides is 2. The summed E-state index contributed by atoms with van der Waals surface area (Å²) < 4.78 is 38.4. The van der Waals surface area contributed by atoms with Gasteiger partial charge in [-0.25, -0.2) is 13.1 Å². The van der Waals surface area contributed by atoms with E-state index in [0.717, 1.165) is 18.4 Å². The summed E-state index contributed by atoms with van der Waals surface area (Å²) in [6, 6.07) is 13.0. The number of carbonyl (C=O) groups excluding carboxylic acids is 2. The van der Waals surface area contributed by atoms with Crippen LogP contribution in [0.3, 0.4) is 0 Å². The van der Waals surface area contributed by atoms with Gasteiger partial charge in [-0.15, -0.1) is 0 Å². The van der Waals surface area contributed by atoms with Crippen molar-refractivity contribution in [2.45, 2.75) is 30.8 Å². The molecule has 1 atom stereocenters. The predicted molar refractivity (Wildman–Crippen MR) is 124 cm³/mol. The van der Waals surface area contributed by atoms with E-state index in [1.54, 1.807) is 36.4 Å². The number of anilines is 1. The predicted octanol–water partition coefficient (Wildman–Crippen LogP) is 1.61. The number of ether oxygens (including phenoxy) is 2. The van der Waals surface area contributed by atoms with Gasteiger partial charge in [0, 0.05) is 13.2 Å². The van der Waals surface area contributed by atoms with E-state index in [-0.39, 0.29) is 23.5 Å². The normalized spacial score (nSPS) is 15.8. The largest absolute Gasteiger partial charge is 0.495 e. The van der Waals surface area contributed by atoms with Crippen molar-refractivity contribution >= 4 is 27.5 Å². The molecule has 1 fully saturated rings. The fourth-order valence-corrected chi connectivity index (χ4v) is 4.42. The molecule has 0 unspecified atom stereocenters. The number of nitrogens with one attached hydrogen (secondary N) is 2. The molecule has 0 spiro atoms. The van der Waals surface area contributed by atoms with Crippen molar-refractivity contribution < 1.29 is 27.5 Å². The molecule has 2 amide bonds. The topological polar surface area (TPSA) is 114 Å². The molecule has 0 aliphatic carbocycles. The van der Waals surface area contributed by atoms with Gasteiger partial charge in [0.05, 0.1) is 30.3 Å². The van der Waals surface area contributed by atoms with Crippen LogP contribution in [-0.2, 0) is 24.3 Å². The second-order valence-corrected chi connectivity index (χ2v) is 9.50. The molecule has 9 nitrogen and oxygen atoms in total. The maximum absolute atomic E-state index is 13.1. The lowest BCUT2D eigenvalue weighted by atomic mass is 10.2. The quantitative estimate of drug-likeness (QED) is 0.540. The number of nitrogens with zero attached hydrogens (tertiary/aromatic N) is 1. The van der Waals surface area contributed by atoms with Gasteiger partial charge in [0.1, 0.15) is 12.3 Å². The highest BCUT2D eigenvalue weighted by Crippen LogP contribution is 2.27. The molecular weight excluding hydrogens is 446 g/mol. The van der Waals surface area contributed by atoms with E-state index in [9.17, 15) is 18.0 Å². The van der Waals surface area contributed by atoms with Gasteiger partial charge in [-0.1, -0.05) is 29.8 Å². The van der Waals surface area contributed by atoms with Crippen LogP contribution in [0.25, 0.3) is 0 Å². The molecule has 2 N–H and O–H groups in total. The Morgan fingerprint density at radius 1 is 1.15 bits per heavy atom. The summed E-state index contributed by atoms with van der Waals surface area (Å²) in [7, 11) is -2.44. The number of aryl methyl sites for hydroxylation is 1. The van der Waals surface area contributed by atoms with E-state index in [0.29, 0.717) is 24.6 Å². The van der Waals surface area contributed by atoms with Crippen LogP contribution < -0.4 is 19.7 Å². The molecule has 178 valence electrons. The summed E-state index contributed by atoms with van der Waals surface area (Å²) >= 11 is 0. The molecule has 0 radical (unpaired) electrons. The van der Waals surface area contributed by atoms with Crippen LogP contribution in [0.1, 0.15) is 18.4 Å². The Morgan fingerprint density at radius 3 is 2.55 bits per heavy atom. The van der Waals surface area contributed by atoms with Gasteiger partial charge in [-0.2, -0.15) is 0 Å². The van der Waals surface area contributed by atoms with Gasteiger partial charge in [0.25, 0.3) is 0 Å². The monoisotopic (exact) mass is 475 g/mol. The van der Waals surface area contributed by atoms with Crippen LogP contribution in [0.4, 0.5) is 5.69 Å². The average Bonchev–Trinajstić information content (AvgIpc) is 3.34. The average molecular weight is 476 g/mol. The van der Waals surface area contributed by atoms with Gasteiger partial charge in [0.15, 0.2) is 0 Å². The lowest BCUT2D eigenvalue weighted by Crippen LogP contribution is -2.46. The lowest BCUT2D eigenvalue weighted by molar-refractivity contribution is -0.123. The Morgan fingerprint density at radius 2 is 1.88 bits per heavy atom.